The topological polar surface area (TPSA) is 67.9 Å². The fourth-order valence-electron chi connectivity index (χ4n) is 4.18. The molecule has 4 aromatic rings. The zero-order valence-corrected chi connectivity index (χ0v) is 20.2. The lowest BCUT2D eigenvalue weighted by molar-refractivity contribution is -0.133. The van der Waals surface area contributed by atoms with Gasteiger partial charge >= 0.3 is 0 Å². The number of hydrogen-bond donors (Lipinski definition) is 0. The molecular weight excluding hydrogens is 442 g/mol. The Balaban J connectivity index is 1.59. The van der Waals surface area contributed by atoms with E-state index < -0.39 is 0 Å². The molecule has 0 spiro atoms. The van der Waals surface area contributed by atoms with Crippen LogP contribution in [0.1, 0.15) is 28.2 Å². The summed E-state index contributed by atoms with van der Waals surface area (Å²) >= 11 is 0. The lowest BCUT2D eigenvalue weighted by Crippen LogP contribution is -2.43. The van der Waals surface area contributed by atoms with E-state index in [0.29, 0.717) is 44.0 Å². The number of carbonyl (C=O) groups excluding carboxylic acids is 2. The summed E-state index contributed by atoms with van der Waals surface area (Å²) in [5.41, 5.74) is 1.59. The number of aryl methyl sites for hydroxylation is 1. The molecule has 2 aromatic heterocycles. The maximum atomic E-state index is 13.7. The van der Waals surface area contributed by atoms with E-state index in [9.17, 15) is 9.59 Å². The van der Waals surface area contributed by atoms with Crippen molar-refractivity contribution in [3.05, 3.63) is 96.2 Å². The quantitative estimate of drug-likeness (QED) is 0.301. The van der Waals surface area contributed by atoms with Gasteiger partial charge in [-0.15, -0.1) is 0 Å². The summed E-state index contributed by atoms with van der Waals surface area (Å²) in [6.07, 6.45) is 4.18. The van der Waals surface area contributed by atoms with E-state index in [0.717, 1.165) is 16.5 Å². The predicted octanol–water partition coefficient (Wildman–Crippen LogP) is 4.48. The van der Waals surface area contributed by atoms with Gasteiger partial charge in [-0.3, -0.25) is 9.59 Å². The first-order valence-electron chi connectivity index (χ1n) is 11.7. The minimum absolute atomic E-state index is 0.0309. The van der Waals surface area contributed by atoms with Gasteiger partial charge in [0, 0.05) is 44.8 Å². The van der Waals surface area contributed by atoms with Crippen LogP contribution in [0, 0.1) is 0 Å². The maximum absolute atomic E-state index is 13.7. The SMILES string of the molecule is COCCCN(CC(=O)N(Cc1ccco1)Cc1cccn1C)C(=O)c1cccc2ccccc12. The molecule has 2 amide bonds. The van der Waals surface area contributed by atoms with E-state index in [2.05, 4.69) is 0 Å². The largest absolute Gasteiger partial charge is 0.467 e. The molecule has 2 aromatic carbocycles. The molecule has 0 fully saturated rings. The van der Waals surface area contributed by atoms with E-state index in [1.54, 1.807) is 23.2 Å². The number of amides is 2. The number of rotatable bonds is 11. The Morgan fingerprint density at radius 3 is 2.51 bits per heavy atom. The van der Waals surface area contributed by atoms with Crippen LogP contribution in [0.25, 0.3) is 10.8 Å². The zero-order valence-electron chi connectivity index (χ0n) is 20.2. The standard InChI is InChI=1S/C28H31N3O4/c1-29-15-6-11-23(29)19-31(20-24-12-7-18-35-24)27(32)21-30(16-8-17-34-2)28(33)26-14-5-10-22-9-3-4-13-25(22)26/h3-7,9-15,18H,8,16-17,19-21H2,1-2H3. The summed E-state index contributed by atoms with van der Waals surface area (Å²) in [4.78, 5) is 30.6. The minimum atomic E-state index is -0.164. The van der Waals surface area contributed by atoms with Gasteiger partial charge in [-0.1, -0.05) is 36.4 Å². The van der Waals surface area contributed by atoms with E-state index in [1.807, 2.05) is 84.5 Å². The Hall–Kier alpha value is -3.84. The first kappa shape index (κ1) is 24.3. The van der Waals surface area contributed by atoms with E-state index >= 15 is 0 Å². The molecule has 0 aliphatic heterocycles. The van der Waals surface area contributed by atoms with E-state index in [4.69, 9.17) is 9.15 Å². The van der Waals surface area contributed by atoms with E-state index in [1.165, 1.54) is 0 Å². The molecule has 0 atom stereocenters. The summed E-state index contributed by atoms with van der Waals surface area (Å²) < 4.78 is 12.7. The highest BCUT2D eigenvalue weighted by molar-refractivity contribution is 6.07. The average Bonchev–Trinajstić information content (AvgIpc) is 3.54. The Morgan fingerprint density at radius 2 is 1.77 bits per heavy atom. The molecule has 2 heterocycles. The molecule has 0 unspecified atom stereocenters. The molecule has 0 aliphatic rings. The van der Waals surface area contributed by atoms with Crippen molar-refractivity contribution in [2.24, 2.45) is 7.05 Å². The first-order chi connectivity index (χ1) is 17.1. The second kappa shape index (κ2) is 11.5. The van der Waals surface area contributed by atoms with Crippen molar-refractivity contribution >= 4 is 22.6 Å². The van der Waals surface area contributed by atoms with Crippen LogP contribution in [-0.4, -0.2) is 53.0 Å². The number of fused-ring (bicyclic) bond motifs is 1. The summed E-state index contributed by atoms with van der Waals surface area (Å²) in [5.74, 6) is 0.385. The summed E-state index contributed by atoms with van der Waals surface area (Å²) in [6, 6.07) is 21.1. The number of carbonyl (C=O) groups is 2. The number of benzene rings is 2. The third-order valence-corrected chi connectivity index (χ3v) is 6.09. The van der Waals surface area contributed by atoms with Crippen molar-refractivity contribution < 1.29 is 18.7 Å². The highest BCUT2D eigenvalue weighted by atomic mass is 16.5. The number of hydrogen-bond acceptors (Lipinski definition) is 4. The molecule has 35 heavy (non-hydrogen) atoms. The predicted molar refractivity (Wildman–Crippen MR) is 135 cm³/mol. The fourth-order valence-corrected chi connectivity index (χ4v) is 4.18. The van der Waals surface area contributed by atoms with Crippen LogP contribution in [0.4, 0.5) is 0 Å². The maximum Gasteiger partial charge on any atom is 0.254 e. The van der Waals surface area contributed by atoms with Crippen LogP contribution in [0.3, 0.4) is 0 Å². The van der Waals surface area contributed by atoms with Crippen LogP contribution in [0.5, 0.6) is 0 Å². The Kier molecular flexibility index (Phi) is 8.00. The normalized spacial score (nSPS) is 11.0. The molecule has 7 heteroatoms. The molecule has 0 saturated carbocycles. The molecule has 7 nitrogen and oxygen atoms in total. The minimum Gasteiger partial charge on any atom is -0.467 e. The molecule has 0 N–H and O–H groups in total. The number of ether oxygens (including phenoxy) is 1. The van der Waals surface area contributed by atoms with Crippen LogP contribution in [0.15, 0.2) is 83.6 Å². The van der Waals surface area contributed by atoms with Crippen molar-refractivity contribution in [2.45, 2.75) is 19.5 Å². The highest BCUT2D eigenvalue weighted by Gasteiger charge is 2.24. The van der Waals surface area contributed by atoms with Crippen LogP contribution >= 0.6 is 0 Å². The zero-order chi connectivity index (χ0) is 24.6. The van der Waals surface area contributed by atoms with Gasteiger partial charge in [0.05, 0.1) is 19.4 Å². The average molecular weight is 474 g/mol. The van der Waals surface area contributed by atoms with Gasteiger partial charge in [0.25, 0.3) is 5.91 Å². The summed E-state index contributed by atoms with van der Waals surface area (Å²) in [5, 5.41) is 1.87. The van der Waals surface area contributed by atoms with Crippen molar-refractivity contribution in [3.8, 4) is 0 Å². The first-order valence-corrected chi connectivity index (χ1v) is 11.7. The van der Waals surface area contributed by atoms with Gasteiger partial charge < -0.3 is 23.5 Å². The van der Waals surface area contributed by atoms with E-state index in [-0.39, 0.29) is 18.4 Å². The summed E-state index contributed by atoms with van der Waals surface area (Å²) in [7, 11) is 3.58. The second-order valence-electron chi connectivity index (χ2n) is 8.54. The van der Waals surface area contributed by atoms with Gasteiger partial charge in [0.15, 0.2) is 0 Å². The number of furan rings is 1. The van der Waals surface area contributed by atoms with Crippen LogP contribution < -0.4 is 0 Å². The lowest BCUT2D eigenvalue weighted by atomic mass is 10.0. The van der Waals surface area contributed by atoms with Gasteiger partial charge in [-0.25, -0.2) is 0 Å². The third-order valence-electron chi connectivity index (χ3n) is 6.09. The summed E-state index contributed by atoms with van der Waals surface area (Å²) in [6.45, 7) is 1.63. The van der Waals surface area contributed by atoms with Crippen molar-refractivity contribution in [1.29, 1.82) is 0 Å². The smallest absolute Gasteiger partial charge is 0.254 e. The lowest BCUT2D eigenvalue weighted by Gasteiger charge is -2.28. The Morgan fingerprint density at radius 1 is 0.943 bits per heavy atom. The molecule has 182 valence electrons. The molecule has 4 rings (SSSR count). The van der Waals surface area contributed by atoms with Gasteiger partial charge in [0.1, 0.15) is 12.3 Å². The van der Waals surface area contributed by atoms with Crippen molar-refractivity contribution in [2.75, 3.05) is 26.8 Å². The molecule has 0 saturated heterocycles. The monoisotopic (exact) mass is 473 g/mol. The van der Waals surface area contributed by atoms with Gasteiger partial charge in [0.2, 0.25) is 5.91 Å². The molecule has 0 bridgehead atoms. The second-order valence-corrected chi connectivity index (χ2v) is 8.54. The molecule has 0 radical (unpaired) electrons. The highest BCUT2D eigenvalue weighted by Crippen LogP contribution is 2.21. The van der Waals surface area contributed by atoms with Gasteiger partial charge in [-0.05, 0) is 47.5 Å². The van der Waals surface area contributed by atoms with Crippen molar-refractivity contribution in [3.63, 3.8) is 0 Å². The number of aromatic nitrogens is 1. The third kappa shape index (κ3) is 6.00. The number of nitrogens with zero attached hydrogens (tertiary/aromatic N) is 3. The Bertz CT molecular complexity index is 1260. The Labute approximate surface area is 205 Å². The van der Waals surface area contributed by atoms with Crippen LogP contribution in [0.2, 0.25) is 0 Å². The molecule has 0 aliphatic carbocycles. The number of methoxy groups -OCH3 is 1. The molecular formula is C28H31N3O4. The van der Waals surface area contributed by atoms with Crippen molar-refractivity contribution in [1.82, 2.24) is 14.4 Å². The van der Waals surface area contributed by atoms with Crippen LogP contribution in [-0.2, 0) is 29.7 Å². The fraction of sp³-hybridized carbons (Fsp3) is 0.286. The van der Waals surface area contributed by atoms with Gasteiger partial charge in [-0.2, -0.15) is 0 Å².